The minimum absolute atomic E-state index is 0.156. The fourth-order valence-corrected chi connectivity index (χ4v) is 2.77. The van der Waals surface area contributed by atoms with Gasteiger partial charge in [0.2, 0.25) is 0 Å². The van der Waals surface area contributed by atoms with Crippen LogP contribution in [0.25, 0.3) is 0 Å². The molecule has 1 heterocycles. The number of amides is 1. The van der Waals surface area contributed by atoms with Crippen LogP contribution in [0.5, 0.6) is 0 Å². The van der Waals surface area contributed by atoms with Gasteiger partial charge in [-0.3, -0.25) is 4.79 Å². The first-order valence-electron chi connectivity index (χ1n) is 5.98. The number of benzene rings is 1. The van der Waals surface area contributed by atoms with Crippen molar-refractivity contribution < 1.29 is 9.53 Å². The molecule has 1 aliphatic rings. The second-order valence-electron chi connectivity index (χ2n) is 4.61. The molecule has 6 heteroatoms. The Morgan fingerprint density at radius 3 is 2.68 bits per heavy atom. The van der Waals surface area contributed by atoms with Crippen molar-refractivity contribution in [2.45, 2.75) is 18.4 Å². The lowest BCUT2D eigenvalue weighted by atomic mass is 9.92. The number of halogens is 3. The van der Waals surface area contributed by atoms with Gasteiger partial charge in [-0.05, 0) is 47.0 Å². The Hall–Kier alpha value is -0.290. The van der Waals surface area contributed by atoms with Crippen molar-refractivity contribution in [1.82, 2.24) is 5.32 Å². The fraction of sp³-hybridized carbons (Fsp3) is 0.462. The molecule has 1 aliphatic heterocycles. The Morgan fingerprint density at radius 2 is 2.11 bits per heavy atom. The first-order chi connectivity index (χ1) is 9.06. The zero-order valence-electron chi connectivity index (χ0n) is 10.2. The maximum Gasteiger partial charge on any atom is 0.251 e. The van der Waals surface area contributed by atoms with Gasteiger partial charge in [0.25, 0.3) is 5.91 Å². The molecule has 0 unspecified atom stereocenters. The van der Waals surface area contributed by atoms with Crippen molar-refractivity contribution >= 4 is 45.0 Å². The lowest BCUT2D eigenvalue weighted by Gasteiger charge is -2.36. The first kappa shape index (κ1) is 15.1. The summed E-state index contributed by atoms with van der Waals surface area (Å²) >= 11 is 15.3. The van der Waals surface area contributed by atoms with Crippen molar-refractivity contribution in [2.24, 2.45) is 0 Å². The minimum atomic E-state index is -0.379. The van der Waals surface area contributed by atoms with Gasteiger partial charge in [-0.25, -0.2) is 0 Å². The molecule has 2 rings (SSSR count). The third kappa shape index (κ3) is 3.63. The van der Waals surface area contributed by atoms with E-state index in [4.69, 9.17) is 27.9 Å². The normalized spacial score (nSPS) is 18.1. The van der Waals surface area contributed by atoms with Crippen LogP contribution in [0.2, 0.25) is 5.02 Å². The predicted molar refractivity (Wildman–Crippen MR) is 80.1 cm³/mol. The van der Waals surface area contributed by atoms with Crippen LogP contribution >= 0.6 is 39.1 Å². The van der Waals surface area contributed by atoms with E-state index < -0.39 is 0 Å². The Morgan fingerprint density at radius 1 is 1.42 bits per heavy atom. The maximum atomic E-state index is 12.3. The fourth-order valence-electron chi connectivity index (χ4n) is 2.00. The second kappa shape index (κ2) is 6.44. The number of carbonyl (C=O) groups excluding carboxylic acids is 1. The van der Waals surface area contributed by atoms with Crippen LogP contribution in [0.3, 0.4) is 0 Å². The highest BCUT2D eigenvalue weighted by atomic mass is 79.9. The standard InChI is InChI=1S/C13H14BrCl2NO2/c14-10-2-1-9(7-11(10)16)12(18)17-13(8-15)3-5-19-6-4-13/h1-2,7H,3-6,8H2,(H,17,18). The number of carbonyl (C=O) groups is 1. The van der Waals surface area contributed by atoms with Crippen molar-refractivity contribution in [3.05, 3.63) is 33.3 Å². The van der Waals surface area contributed by atoms with Gasteiger partial charge >= 0.3 is 0 Å². The van der Waals surface area contributed by atoms with Crippen molar-refractivity contribution in [3.63, 3.8) is 0 Å². The molecule has 1 aromatic rings. The highest BCUT2D eigenvalue weighted by Gasteiger charge is 2.33. The van der Waals surface area contributed by atoms with Crippen molar-refractivity contribution in [3.8, 4) is 0 Å². The van der Waals surface area contributed by atoms with E-state index in [2.05, 4.69) is 21.2 Å². The molecule has 0 aromatic heterocycles. The molecule has 19 heavy (non-hydrogen) atoms. The third-order valence-electron chi connectivity index (χ3n) is 3.27. The molecule has 3 nitrogen and oxygen atoms in total. The zero-order valence-corrected chi connectivity index (χ0v) is 13.3. The number of nitrogens with one attached hydrogen (secondary N) is 1. The van der Waals surface area contributed by atoms with Crippen LogP contribution in [0.4, 0.5) is 0 Å². The van der Waals surface area contributed by atoms with Gasteiger partial charge in [-0.2, -0.15) is 0 Å². The average molecular weight is 367 g/mol. The van der Waals surface area contributed by atoms with Gasteiger partial charge in [0.1, 0.15) is 0 Å². The number of ether oxygens (including phenoxy) is 1. The quantitative estimate of drug-likeness (QED) is 0.829. The van der Waals surface area contributed by atoms with E-state index >= 15 is 0 Å². The molecule has 0 saturated carbocycles. The monoisotopic (exact) mass is 365 g/mol. The maximum absolute atomic E-state index is 12.3. The van der Waals surface area contributed by atoms with Crippen LogP contribution in [0, 0.1) is 0 Å². The van der Waals surface area contributed by atoms with E-state index in [0.29, 0.717) is 29.7 Å². The SMILES string of the molecule is O=C(NC1(CCl)CCOCC1)c1ccc(Br)c(Cl)c1. The van der Waals surface area contributed by atoms with Crippen LogP contribution in [-0.2, 0) is 4.74 Å². The molecule has 104 valence electrons. The average Bonchev–Trinajstić information content (AvgIpc) is 2.43. The molecule has 1 N–H and O–H groups in total. The van der Waals surface area contributed by atoms with E-state index in [-0.39, 0.29) is 11.4 Å². The molecule has 0 bridgehead atoms. The van der Waals surface area contributed by atoms with Crippen molar-refractivity contribution in [1.29, 1.82) is 0 Å². The molecule has 1 amide bonds. The number of rotatable bonds is 3. The van der Waals surface area contributed by atoms with Crippen LogP contribution in [-0.4, -0.2) is 30.5 Å². The lowest BCUT2D eigenvalue weighted by Crippen LogP contribution is -2.53. The molecule has 0 aliphatic carbocycles. The summed E-state index contributed by atoms with van der Waals surface area (Å²) in [6.45, 7) is 1.24. The minimum Gasteiger partial charge on any atom is -0.381 e. The summed E-state index contributed by atoms with van der Waals surface area (Å²) in [6.07, 6.45) is 1.46. The van der Waals surface area contributed by atoms with E-state index in [0.717, 1.165) is 17.3 Å². The van der Waals surface area contributed by atoms with Crippen molar-refractivity contribution in [2.75, 3.05) is 19.1 Å². The van der Waals surface area contributed by atoms with Gasteiger partial charge in [-0.15, -0.1) is 11.6 Å². The van der Waals surface area contributed by atoms with Gasteiger partial charge in [0.15, 0.2) is 0 Å². The largest absolute Gasteiger partial charge is 0.381 e. The third-order valence-corrected chi connectivity index (χ3v) is 5.01. The Labute approximate surface area is 130 Å². The summed E-state index contributed by atoms with van der Waals surface area (Å²) in [7, 11) is 0. The van der Waals surface area contributed by atoms with Gasteiger partial charge in [0.05, 0.1) is 10.6 Å². The first-order valence-corrected chi connectivity index (χ1v) is 7.68. The van der Waals surface area contributed by atoms with Gasteiger partial charge < -0.3 is 10.1 Å². The summed E-state index contributed by atoms with van der Waals surface area (Å²) < 4.78 is 6.08. The van der Waals surface area contributed by atoms with Crippen LogP contribution < -0.4 is 5.32 Å². The number of hydrogen-bond acceptors (Lipinski definition) is 2. The van der Waals surface area contributed by atoms with E-state index in [9.17, 15) is 4.79 Å². The molecule has 0 radical (unpaired) electrons. The zero-order chi connectivity index (χ0) is 13.9. The summed E-state index contributed by atoms with van der Waals surface area (Å²) in [5.41, 5.74) is 0.153. The molecule has 0 spiro atoms. The highest BCUT2D eigenvalue weighted by Crippen LogP contribution is 2.25. The van der Waals surface area contributed by atoms with Gasteiger partial charge in [-0.1, -0.05) is 11.6 Å². The molecular weight excluding hydrogens is 353 g/mol. The highest BCUT2D eigenvalue weighted by molar-refractivity contribution is 9.10. The summed E-state index contributed by atoms with van der Waals surface area (Å²) in [5.74, 6) is 0.226. The topological polar surface area (TPSA) is 38.3 Å². The smallest absolute Gasteiger partial charge is 0.251 e. The number of hydrogen-bond donors (Lipinski definition) is 1. The molecule has 1 aromatic carbocycles. The Balaban J connectivity index is 2.12. The summed E-state index contributed by atoms with van der Waals surface area (Å²) in [5, 5.41) is 3.53. The van der Waals surface area contributed by atoms with E-state index in [1.54, 1.807) is 18.2 Å². The Kier molecular flexibility index (Phi) is 5.12. The summed E-state index contributed by atoms with van der Waals surface area (Å²) in [4.78, 5) is 12.3. The van der Waals surface area contributed by atoms with E-state index in [1.807, 2.05) is 0 Å². The van der Waals surface area contributed by atoms with Gasteiger partial charge in [0, 0.05) is 29.1 Å². The molecular formula is C13H14BrCl2NO2. The Bertz CT molecular complexity index is 476. The molecule has 0 atom stereocenters. The number of alkyl halides is 1. The second-order valence-corrected chi connectivity index (χ2v) is 6.14. The molecule has 1 saturated heterocycles. The predicted octanol–water partition coefficient (Wildman–Crippen LogP) is 3.62. The molecule has 1 fully saturated rings. The lowest BCUT2D eigenvalue weighted by molar-refractivity contribution is 0.0434. The van der Waals surface area contributed by atoms with E-state index in [1.165, 1.54) is 0 Å². The van der Waals surface area contributed by atoms with Crippen LogP contribution in [0.1, 0.15) is 23.2 Å². The van der Waals surface area contributed by atoms with Crippen LogP contribution in [0.15, 0.2) is 22.7 Å². The summed E-state index contributed by atoms with van der Waals surface area (Å²) in [6, 6.07) is 5.13.